The van der Waals surface area contributed by atoms with Crippen LogP contribution in [-0.4, -0.2) is 42.6 Å². The highest BCUT2D eigenvalue weighted by Crippen LogP contribution is 2.25. The van der Waals surface area contributed by atoms with E-state index in [1.54, 1.807) is 0 Å². The van der Waals surface area contributed by atoms with E-state index in [0.29, 0.717) is 19.1 Å². The molecule has 1 aliphatic rings. The quantitative estimate of drug-likeness (QED) is 0.833. The fourth-order valence-corrected chi connectivity index (χ4v) is 2.73. The number of carbonyl (C=O) groups is 1. The van der Waals surface area contributed by atoms with Crippen LogP contribution in [0.15, 0.2) is 30.3 Å². The molecule has 1 N–H and O–H groups in total. The molecule has 1 aromatic carbocycles. The minimum atomic E-state index is -0.575. The van der Waals surface area contributed by atoms with Gasteiger partial charge in [0, 0.05) is 25.7 Å². The zero-order chi connectivity index (χ0) is 14.6. The second-order valence-electron chi connectivity index (χ2n) is 5.73. The standard InChI is InChI=1S/C16H24N2O2/c1-13(2)18-10-9-16(12-18,15(19)20-3)17-11-14-7-5-4-6-8-14/h4-8,13,17H,9-12H2,1-3H3. The number of esters is 1. The lowest BCUT2D eigenvalue weighted by Gasteiger charge is -2.29. The van der Waals surface area contributed by atoms with E-state index >= 15 is 0 Å². The Morgan fingerprint density at radius 1 is 1.40 bits per heavy atom. The van der Waals surface area contributed by atoms with Crippen molar-refractivity contribution in [2.45, 2.75) is 38.4 Å². The molecule has 20 heavy (non-hydrogen) atoms. The Balaban J connectivity index is 2.07. The van der Waals surface area contributed by atoms with Crippen LogP contribution in [0.2, 0.25) is 0 Å². The highest BCUT2D eigenvalue weighted by atomic mass is 16.5. The van der Waals surface area contributed by atoms with Gasteiger partial charge in [0.05, 0.1) is 7.11 Å². The van der Waals surface area contributed by atoms with Crippen LogP contribution in [0, 0.1) is 0 Å². The fourth-order valence-electron chi connectivity index (χ4n) is 2.73. The highest BCUT2D eigenvalue weighted by Gasteiger charge is 2.45. The van der Waals surface area contributed by atoms with Crippen molar-refractivity contribution >= 4 is 5.97 Å². The van der Waals surface area contributed by atoms with Crippen molar-refractivity contribution in [2.24, 2.45) is 0 Å². The molecule has 0 radical (unpaired) electrons. The van der Waals surface area contributed by atoms with E-state index in [4.69, 9.17) is 4.74 Å². The minimum absolute atomic E-state index is 0.156. The Morgan fingerprint density at radius 3 is 2.65 bits per heavy atom. The molecule has 1 unspecified atom stereocenters. The van der Waals surface area contributed by atoms with Gasteiger partial charge in [-0.15, -0.1) is 0 Å². The van der Waals surface area contributed by atoms with Crippen molar-refractivity contribution in [1.82, 2.24) is 10.2 Å². The van der Waals surface area contributed by atoms with E-state index in [-0.39, 0.29) is 5.97 Å². The van der Waals surface area contributed by atoms with Gasteiger partial charge in [0.25, 0.3) is 0 Å². The summed E-state index contributed by atoms with van der Waals surface area (Å²) in [6.07, 6.45) is 0.796. The maximum Gasteiger partial charge on any atom is 0.327 e. The number of hydrogen-bond donors (Lipinski definition) is 1. The van der Waals surface area contributed by atoms with Crippen LogP contribution in [0.4, 0.5) is 0 Å². The van der Waals surface area contributed by atoms with Crippen LogP contribution in [0.25, 0.3) is 0 Å². The number of nitrogens with zero attached hydrogens (tertiary/aromatic N) is 1. The van der Waals surface area contributed by atoms with Gasteiger partial charge in [-0.25, -0.2) is 0 Å². The van der Waals surface area contributed by atoms with Gasteiger partial charge in [0.2, 0.25) is 0 Å². The third-order valence-corrected chi connectivity index (χ3v) is 4.08. The third-order valence-electron chi connectivity index (χ3n) is 4.08. The molecule has 4 heteroatoms. The molecule has 0 aliphatic carbocycles. The van der Waals surface area contributed by atoms with E-state index in [9.17, 15) is 4.79 Å². The number of hydrogen-bond acceptors (Lipinski definition) is 4. The van der Waals surface area contributed by atoms with E-state index < -0.39 is 5.54 Å². The topological polar surface area (TPSA) is 41.6 Å². The van der Waals surface area contributed by atoms with Crippen molar-refractivity contribution in [3.63, 3.8) is 0 Å². The Morgan fingerprint density at radius 2 is 2.10 bits per heavy atom. The molecule has 1 aliphatic heterocycles. The molecule has 1 atom stereocenters. The Hall–Kier alpha value is -1.39. The Bertz CT molecular complexity index is 447. The number of carbonyl (C=O) groups excluding carboxylic acids is 1. The summed E-state index contributed by atoms with van der Waals surface area (Å²) in [6, 6.07) is 10.6. The monoisotopic (exact) mass is 276 g/mol. The molecule has 1 heterocycles. The number of benzene rings is 1. The molecule has 1 aromatic rings. The van der Waals surface area contributed by atoms with Crippen LogP contribution < -0.4 is 5.32 Å². The van der Waals surface area contributed by atoms with E-state index in [1.165, 1.54) is 12.7 Å². The van der Waals surface area contributed by atoms with Gasteiger partial charge < -0.3 is 4.74 Å². The fraction of sp³-hybridized carbons (Fsp3) is 0.562. The second-order valence-corrected chi connectivity index (χ2v) is 5.73. The van der Waals surface area contributed by atoms with Crippen molar-refractivity contribution in [1.29, 1.82) is 0 Å². The third kappa shape index (κ3) is 3.19. The van der Waals surface area contributed by atoms with Gasteiger partial charge in [0.1, 0.15) is 5.54 Å². The summed E-state index contributed by atoms with van der Waals surface area (Å²) in [4.78, 5) is 14.5. The lowest BCUT2D eigenvalue weighted by atomic mass is 9.98. The molecular weight excluding hydrogens is 252 g/mol. The van der Waals surface area contributed by atoms with Crippen LogP contribution >= 0.6 is 0 Å². The van der Waals surface area contributed by atoms with Gasteiger partial charge in [-0.3, -0.25) is 15.0 Å². The summed E-state index contributed by atoms with van der Waals surface area (Å²) in [6.45, 7) is 6.63. The van der Waals surface area contributed by atoms with Crippen LogP contribution in [0.1, 0.15) is 25.8 Å². The number of likely N-dealkylation sites (tertiary alicyclic amines) is 1. The first kappa shape index (κ1) is 15.0. The summed E-state index contributed by atoms with van der Waals surface area (Å²) >= 11 is 0. The number of nitrogens with one attached hydrogen (secondary N) is 1. The zero-order valence-corrected chi connectivity index (χ0v) is 12.6. The predicted octanol–water partition coefficient (Wildman–Crippen LogP) is 1.80. The maximum absolute atomic E-state index is 12.2. The maximum atomic E-state index is 12.2. The molecule has 0 bridgehead atoms. The smallest absolute Gasteiger partial charge is 0.327 e. The summed E-state index contributed by atoms with van der Waals surface area (Å²) in [5.41, 5.74) is 0.605. The number of methoxy groups -OCH3 is 1. The Kier molecular flexibility index (Phi) is 4.78. The number of ether oxygens (including phenoxy) is 1. The largest absolute Gasteiger partial charge is 0.468 e. The summed E-state index contributed by atoms with van der Waals surface area (Å²) in [5.74, 6) is -0.156. The minimum Gasteiger partial charge on any atom is -0.468 e. The highest BCUT2D eigenvalue weighted by molar-refractivity contribution is 5.81. The molecule has 2 rings (SSSR count). The first-order valence-electron chi connectivity index (χ1n) is 7.19. The lowest BCUT2D eigenvalue weighted by molar-refractivity contribution is -0.148. The van der Waals surface area contributed by atoms with Gasteiger partial charge in [-0.2, -0.15) is 0 Å². The van der Waals surface area contributed by atoms with Crippen LogP contribution in [0.5, 0.6) is 0 Å². The SMILES string of the molecule is COC(=O)C1(NCc2ccccc2)CCN(C(C)C)C1. The van der Waals surface area contributed by atoms with Crippen LogP contribution in [0.3, 0.4) is 0 Å². The summed E-state index contributed by atoms with van der Waals surface area (Å²) in [7, 11) is 1.46. The molecule has 0 amide bonds. The summed E-state index contributed by atoms with van der Waals surface area (Å²) < 4.78 is 5.03. The summed E-state index contributed by atoms with van der Waals surface area (Å²) in [5, 5.41) is 3.43. The molecule has 0 spiro atoms. The van der Waals surface area contributed by atoms with Crippen molar-refractivity contribution in [3.8, 4) is 0 Å². The molecule has 1 fully saturated rings. The van der Waals surface area contributed by atoms with Gasteiger partial charge >= 0.3 is 5.97 Å². The van der Waals surface area contributed by atoms with Gasteiger partial charge in [-0.05, 0) is 25.8 Å². The molecule has 0 aromatic heterocycles. The van der Waals surface area contributed by atoms with Gasteiger partial charge in [0.15, 0.2) is 0 Å². The van der Waals surface area contributed by atoms with Gasteiger partial charge in [-0.1, -0.05) is 30.3 Å². The molecule has 1 saturated heterocycles. The lowest BCUT2D eigenvalue weighted by Crippen LogP contribution is -2.54. The van der Waals surface area contributed by atoms with Crippen molar-refractivity contribution in [3.05, 3.63) is 35.9 Å². The first-order valence-corrected chi connectivity index (χ1v) is 7.19. The average Bonchev–Trinajstić information content (AvgIpc) is 2.91. The molecule has 110 valence electrons. The van der Waals surface area contributed by atoms with Crippen LogP contribution in [-0.2, 0) is 16.1 Å². The second kappa shape index (κ2) is 6.37. The molecule has 0 saturated carbocycles. The number of rotatable bonds is 5. The van der Waals surface area contributed by atoms with Crippen molar-refractivity contribution in [2.75, 3.05) is 20.2 Å². The Labute approximate surface area is 121 Å². The van der Waals surface area contributed by atoms with E-state index in [0.717, 1.165) is 13.0 Å². The van der Waals surface area contributed by atoms with E-state index in [2.05, 4.69) is 36.2 Å². The normalized spacial score (nSPS) is 23.2. The predicted molar refractivity (Wildman–Crippen MR) is 79.4 cm³/mol. The zero-order valence-electron chi connectivity index (χ0n) is 12.6. The molecular formula is C16H24N2O2. The first-order chi connectivity index (χ1) is 9.57. The van der Waals surface area contributed by atoms with Crippen molar-refractivity contribution < 1.29 is 9.53 Å². The van der Waals surface area contributed by atoms with E-state index in [1.807, 2.05) is 18.2 Å². The molecule has 4 nitrogen and oxygen atoms in total. The average molecular weight is 276 g/mol.